The molecule has 256 valence electrons. The molecule has 0 bridgehead atoms. The smallest absolute Gasteiger partial charge is 0.510 e. The average Bonchev–Trinajstić information content (AvgIpc) is 3.73. The molecule has 0 aliphatic rings. The molecule has 0 saturated heterocycles. The molecule has 3 heterocycles. The fraction of sp³-hybridized carbons (Fsp3) is 0.109. The Labute approximate surface area is 318 Å². The Hall–Kier alpha value is -5.13. The zero-order valence-electron chi connectivity index (χ0n) is 30.2. The van der Waals surface area contributed by atoms with Crippen molar-refractivity contribution < 1.29 is 34.7 Å². The molecule has 0 N–H and O–H groups in total. The number of nitrogens with zero attached hydrogens (tertiary/aromatic N) is 1. The van der Waals surface area contributed by atoms with E-state index in [1.165, 1.54) is 17.3 Å². The van der Waals surface area contributed by atoms with Gasteiger partial charge in [-0.2, -0.15) is 35.9 Å². The van der Waals surface area contributed by atoms with Crippen LogP contribution in [0.3, 0.4) is 0 Å². The molecule has 1 atom stereocenters. The van der Waals surface area contributed by atoms with E-state index in [4.69, 9.17) is 10.2 Å². The zero-order valence-corrected chi connectivity index (χ0v) is 32.6. The van der Waals surface area contributed by atoms with E-state index in [0.717, 1.165) is 66.2 Å². The minimum absolute atomic E-state index is 0. The first-order valence-corrected chi connectivity index (χ1v) is 20.5. The van der Waals surface area contributed by atoms with Gasteiger partial charge in [-0.05, 0) is 40.5 Å². The van der Waals surface area contributed by atoms with Gasteiger partial charge in [0.15, 0.2) is 0 Å². The Bertz CT molecular complexity index is 2710. The van der Waals surface area contributed by atoms with Crippen molar-refractivity contribution in [2.24, 2.45) is 0 Å². The third kappa shape index (κ3) is 6.78. The topological polar surface area (TPSA) is 39.2 Å². The van der Waals surface area contributed by atoms with E-state index >= 15 is 0 Å². The Kier molecular flexibility index (Phi) is 9.46. The fourth-order valence-corrected chi connectivity index (χ4v) is 7.52. The van der Waals surface area contributed by atoms with Crippen LogP contribution in [-0.2, 0) is 20.1 Å². The number of hydrogen-bond acceptors (Lipinski definition) is 3. The molecule has 0 aliphatic heterocycles. The van der Waals surface area contributed by atoms with Crippen LogP contribution in [-0.4, -0.2) is 13.1 Å². The fourth-order valence-electron chi connectivity index (χ4n) is 6.48. The second-order valence-corrected chi connectivity index (χ2v) is 18.8. The van der Waals surface area contributed by atoms with Crippen LogP contribution < -0.4 is 5.19 Å². The Morgan fingerprint density at radius 1 is 0.654 bits per heavy atom. The molecule has 0 spiro atoms. The standard InChI is InChI=1S/C26H18O.C20H17FNOSi.Ir/c1-18(19-9-3-2-4-10-19)20-11-7-12-21(17-20)22-14-8-15-24-23-13-5-6-16-25(23)27-26(22)24;1-24(2,3)14-8-10-18(22-12-14)17-6-4-5-16-15-9-7-13(21)11-19(15)23-20(16)17;/h2-11,13,15-18H,1H3;4-5,7-12H,1-3H3;/q-2;-1;+3/i18D;;. The van der Waals surface area contributed by atoms with Crippen molar-refractivity contribution in [2.75, 3.05) is 0 Å². The number of furan rings is 2. The predicted octanol–water partition coefficient (Wildman–Crippen LogP) is 12.1. The number of para-hydroxylation sites is 1. The molecule has 0 aliphatic carbocycles. The van der Waals surface area contributed by atoms with E-state index in [0.29, 0.717) is 11.2 Å². The maximum atomic E-state index is 13.5. The van der Waals surface area contributed by atoms with Crippen LogP contribution in [0.1, 0.15) is 25.3 Å². The normalized spacial score (nSPS) is 13.0. The summed E-state index contributed by atoms with van der Waals surface area (Å²) in [6, 6.07) is 50.2. The molecule has 9 aromatic rings. The number of rotatable bonds is 5. The van der Waals surface area contributed by atoms with Gasteiger partial charge < -0.3 is 13.8 Å². The molecule has 6 heteroatoms. The van der Waals surface area contributed by atoms with Gasteiger partial charge in [0.1, 0.15) is 17.0 Å². The van der Waals surface area contributed by atoms with E-state index < -0.39 is 14.0 Å². The Morgan fingerprint density at radius 2 is 1.31 bits per heavy atom. The molecule has 3 aromatic heterocycles. The summed E-state index contributed by atoms with van der Waals surface area (Å²) in [4.78, 5) is 4.62. The Balaban J connectivity index is 0.000000163. The summed E-state index contributed by atoms with van der Waals surface area (Å²) in [6.45, 7) is 8.81. The second-order valence-electron chi connectivity index (χ2n) is 13.7. The molecule has 0 saturated carbocycles. The molecule has 0 fully saturated rings. The van der Waals surface area contributed by atoms with Crippen LogP contribution in [0.15, 0.2) is 142 Å². The van der Waals surface area contributed by atoms with Crippen LogP contribution >= 0.6 is 0 Å². The van der Waals surface area contributed by atoms with Crippen LogP contribution in [0, 0.1) is 24.0 Å². The van der Waals surface area contributed by atoms with Crippen molar-refractivity contribution in [1.82, 2.24) is 4.98 Å². The summed E-state index contributed by atoms with van der Waals surface area (Å²) in [5.41, 5.74) is 8.18. The maximum Gasteiger partial charge on any atom is 3.00 e. The van der Waals surface area contributed by atoms with Crippen LogP contribution in [0.25, 0.3) is 66.3 Å². The first kappa shape index (κ1) is 34.0. The van der Waals surface area contributed by atoms with Crippen LogP contribution in [0.4, 0.5) is 4.39 Å². The molecule has 0 amide bonds. The monoisotopic (exact) mass is 874 g/mol. The van der Waals surface area contributed by atoms with E-state index in [2.05, 4.69) is 55.0 Å². The van der Waals surface area contributed by atoms with Gasteiger partial charge in [0.2, 0.25) is 0 Å². The van der Waals surface area contributed by atoms with Gasteiger partial charge in [0.25, 0.3) is 0 Å². The van der Waals surface area contributed by atoms with Gasteiger partial charge in [-0.25, -0.2) is 9.95 Å². The first-order chi connectivity index (χ1) is 25.1. The molecule has 52 heavy (non-hydrogen) atoms. The summed E-state index contributed by atoms with van der Waals surface area (Å²) in [5, 5.41) is 5.33. The SMILES string of the molecule is C[Si](C)(C)c1ccc(-c2[c-]ccc3c2oc2cc(F)ccc23)nc1.[2H]C(C)(c1ccccc1)c1cc[c-]c(-c2[c-]ccc3c2oc2ccccc23)c1.[Ir+3]. The summed E-state index contributed by atoms with van der Waals surface area (Å²) in [7, 11) is -1.38. The minimum atomic E-state index is -1.38. The van der Waals surface area contributed by atoms with Gasteiger partial charge in [-0.15, -0.1) is 35.9 Å². The summed E-state index contributed by atoms with van der Waals surface area (Å²) < 4.78 is 34.5. The molecule has 6 aromatic carbocycles. The second kappa shape index (κ2) is 14.5. The predicted molar refractivity (Wildman–Crippen MR) is 210 cm³/mol. The molecule has 0 radical (unpaired) electrons. The van der Waals surface area contributed by atoms with Crippen molar-refractivity contribution in [3.63, 3.8) is 0 Å². The van der Waals surface area contributed by atoms with Gasteiger partial charge in [0, 0.05) is 30.0 Å². The molecular weight excluding hydrogens is 838 g/mol. The first-order valence-electron chi connectivity index (χ1n) is 17.5. The number of hydrogen-bond donors (Lipinski definition) is 0. The van der Waals surface area contributed by atoms with Gasteiger partial charge in [-0.1, -0.05) is 104 Å². The summed E-state index contributed by atoms with van der Waals surface area (Å²) in [6.07, 6.45) is 1.95. The number of benzene rings is 6. The van der Waals surface area contributed by atoms with Crippen molar-refractivity contribution in [3.05, 3.63) is 169 Å². The van der Waals surface area contributed by atoms with Crippen molar-refractivity contribution in [3.8, 4) is 22.4 Å². The third-order valence-electron chi connectivity index (χ3n) is 9.33. The van der Waals surface area contributed by atoms with E-state index in [1.807, 2.05) is 110 Å². The van der Waals surface area contributed by atoms with E-state index in [9.17, 15) is 4.39 Å². The van der Waals surface area contributed by atoms with E-state index in [1.54, 1.807) is 6.07 Å². The maximum absolute atomic E-state index is 13.5. The van der Waals surface area contributed by atoms with Crippen molar-refractivity contribution in [2.45, 2.75) is 32.5 Å². The molecular formula is C46H35FIrNO2Si. The van der Waals surface area contributed by atoms with Crippen molar-refractivity contribution in [1.29, 1.82) is 0 Å². The van der Waals surface area contributed by atoms with Crippen LogP contribution in [0.5, 0.6) is 0 Å². The van der Waals surface area contributed by atoms with E-state index in [-0.39, 0.29) is 25.9 Å². The number of fused-ring (bicyclic) bond motifs is 6. The minimum Gasteiger partial charge on any atom is -0.510 e. The molecule has 1 unspecified atom stereocenters. The van der Waals surface area contributed by atoms with Gasteiger partial charge in [0.05, 0.1) is 13.7 Å². The summed E-state index contributed by atoms with van der Waals surface area (Å²) >= 11 is 0. The molecule has 9 rings (SSSR count). The average molecular weight is 874 g/mol. The zero-order chi connectivity index (χ0) is 36.0. The quantitative estimate of drug-likeness (QED) is 0.128. The van der Waals surface area contributed by atoms with Crippen molar-refractivity contribution >= 4 is 57.1 Å². The number of halogens is 1. The largest absolute Gasteiger partial charge is 3.00 e. The summed E-state index contributed by atoms with van der Waals surface area (Å²) in [5.74, 6) is -1.16. The van der Waals surface area contributed by atoms with Gasteiger partial charge in [-0.3, -0.25) is 0 Å². The third-order valence-corrected chi connectivity index (χ3v) is 11.4. The number of aromatic nitrogens is 1. The Morgan fingerprint density at radius 3 is 2.04 bits per heavy atom. The number of pyridine rings is 1. The molecule has 3 nitrogen and oxygen atoms in total. The van der Waals surface area contributed by atoms with Crippen LogP contribution in [0.2, 0.25) is 19.6 Å². The van der Waals surface area contributed by atoms with Gasteiger partial charge >= 0.3 is 20.1 Å².